The monoisotopic (exact) mass is 309 g/mol. The molecular weight excluding hydrogens is 297 g/mol. The summed E-state index contributed by atoms with van der Waals surface area (Å²) in [6.45, 7) is 2.23. The molecule has 0 bridgehead atoms. The molecule has 0 atom stereocenters. The molecule has 0 saturated heterocycles. The Morgan fingerprint density at radius 1 is 1.30 bits per heavy atom. The Kier molecular flexibility index (Phi) is 4.57. The molecule has 0 unspecified atom stereocenters. The molecule has 0 amide bonds. The van der Waals surface area contributed by atoms with Crippen LogP contribution < -0.4 is 10.5 Å². The van der Waals surface area contributed by atoms with E-state index >= 15 is 0 Å². The zero-order chi connectivity index (χ0) is 14.7. The van der Waals surface area contributed by atoms with Gasteiger partial charge >= 0.3 is 0 Å². The van der Waals surface area contributed by atoms with E-state index in [0.29, 0.717) is 10.8 Å². The lowest BCUT2D eigenvalue weighted by Crippen LogP contribution is -2.11. The Labute approximate surface area is 127 Å². The number of benzene rings is 2. The van der Waals surface area contributed by atoms with Crippen LogP contribution in [0.3, 0.4) is 0 Å². The fourth-order valence-corrected chi connectivity index (χ4v) is 2.17. The standard InChI is InChI=1S/C15H13ClFNOS/c1-9-2-3-10(13(16)6-9)8-19-11-4-5-12(15(18)20)14(17)7-11/h2-7H,8H2,1H3,(H2,18,20). The summed E-state index contributed by atoms with van der Waals surface area (Å²) in [5, 5.41) is 0.630. The van der Waals surface area contributed by atoms with Gasteiger partial charge in [-0.2, -0.15) is 0 Å². The molecule has 0 heterocycles. The SMILES string of the molecule is Cc1ccc(COc2ccc(C(N)=S)c(F)c2)c(Cl)c1. The van der Waals surface area contributed by atoms with E-state index in [1.807, 2.05) is 25.1 Å². The molecule has 0 saturated carbocycles. The van der Waals surface area contributed by atoms with Gasteiger partial charge in [-0.1, -0.05) is 36.0 Å². The van der Waals surface area contributed by atoms with Crippen molar-refractivity contribution in [1.82, 2.24) is 0 Å². The maximum Gasteiger partial charge on any atom is 0.137 e. The molecule has 2 aromatic carbocycles. The van der Waals surface area contributed by atoms with Gasteiger partial charge < -0.3 is 10.5 Å². The van der Waals surface area contributed by atoms with Gasteiger partial charge in [0.25, 0.3) is 0 Å². The smallest absolute Gasteiger partial charge is 0.137 e. The van der Waals surface area contributed by atoms with Crippen molar-refractivity contribution in [2.24, 2.45) is 5.73 Å². The summed E-state index contributed by atoms with van der Waals surface area (Å²) in [6, 6.07) is 10.1. The summed E-state index contributed by atoms with van der Waals surface area (Å²) in [5.74, 6) is -0.0934. The highest BCUT2D eigenvalue weighted by Crippen LogP contribution is 2.21. The lowest BCUT2D eigenvalue weighted by atomic mass is 10.1. The molecule has 104 valence electrons. The number of thiocarbonyl (C=S) groups is 1. The van der Waals surface area contributed by atoms with Crippen LogP contribution in [-0.4, -0.2) is 4.99 Å². The van der Waals surface area contributed by atoms with Crippen LogP contribution >= 0.6 is 23.8 Å². The normalized spacial score (nSPS) is 10.3. The summed E-state index contributed by atoms with van der Waals surface area (Å²) in [4.78, 5) is 0.0237. The van der Waals surface area contributed by atoms with E-state index in [1.54, 1.807) is 6.07 Å². The van der Waals surface area contributed by atoms with Crippen molar-refractivity contribution in [3.63, 3.8) is 0 Å². The third-order valence-electron chi connectivity index (χ3n) is 2.81. The fraction of sp³-hybridized carbons (Fsp3) is 0.133. The Morgan fingerprint density at radius 2 is 2.05 bits per heavy atom. The Morgan fingerprint density at radius 3 is 2.65 bits per heavy atom. The summed E-state index contributed by atoms with van der Waals surface area (Å²) in [7, 11) is 0. The van der Waals surface area contributed by atoms with Crippen LogP contribution in [0.5, 0.6) is 5.75 Å². The van der Waals surface area contributed by atoms with E-state index in [1.165, 1.54) is 12.1 Å². The van der Waals surface area contributed by atoms with Gasteiger partial charge in [0, 0.05) is 22.2 Å². The largest absolute Gasteiger partial charge is 0.489 e. The van der Waals surface area contributed by atoms with E-state index < -0.39 is 5.82 Å². The van der Waals surface area contributed by atoms with E-state index in [-0.39, 0.29) is 17.2 Å². The van der Waals surface area contributed by atoms with Crippen LogP contribution in [0.2, 0.25) is 5.02 Å². The predicted molar refractivity (Wildman–Crippen MR) is 82.8 cm³/mol. The van der Waals surface area contributed by atoms with Crippen molar-refractivity contribution >= 4 is 28.8 Å². The van der Waals surface area contributed by atoms with Crippen LogP contribution in [0.1, 0.15) is 16.7 Å². The molecular formula is C15H13ClFNOS. The molecule has 0 aromatic heterocycles. The minimum absolute atomic E-state index is 0.0237. The van der Waals surface area contributed by atoms with Crippen molar-refractivity contribution in [1.29, 1.82) is 0 Å². The van der Waals surface area contributed by atoms with Crippen LogP contribution in [0.15, 0.2) is 36.4 Å². The fourth-order valence-electron chi connectivity index (χ4n) is 1.72. The van der Waals surface area contributed by atoms with E-state index in [2.05, 4.69) is 0 Å². The number of hydrogen-bond acceptors (Lipinski definition) is 2. The topological polar surface area (TPSA) is 35.2 Å². The highest BCUT2D eigenvalue weighted by Gasteiger charge is 2.07. The summed E-state index contributed by atoms with van der Waals surface area (Å²) in [6.07, 6.45) is 0. The quantitative estimate of drug-likeness (QED) is 0.867. The number of rotatable bonds is 4. The molecule has 0 aliphatic rings. The third-order valence-corrected chi connectivity index (χ3v) is 3.38. The van der Waals surface area contributed by atoms with Gasteiger partial charge in [0.15, 0.2) is 0 Å². The second-order valence-corrected chi connectivity index (χ2v) is 5.24. The van der Waals surface area contributed by atoms with Gasteiger partial charge in [-0.15, -0.1) is 0 Å². The molecule has 0 spiro atoms. The minimum Gasteiger partial charge on any atom is -0.489 e. The second-order valence-electron chi connectivity index (χ2n) is 4.39. The summed E-state index contributed by atoms with van der Waals surface area (Å²) in [5.41, 5.74) is 7.52. The number of halogens is 2. The zero-order valence-corrected chi connectivity index (χ0v) is 12.4. The van der Waals surface area contributed by atoms with Crippen LogP contribution in [0.4, 0.5) is 4.39 Å². The molecule has 0 fully saturated rings. The lowest BCUT2D eigenvalue weighted by molar-refractivity contribution is 0.304. The van der Waals surface area contributed by atoms with Crippen molar-refractivity contribution in [3.05, 3.63) is 63.9 Å². The predicted octanol–water partition coefficient (Wildman–Crippen LogP) is 4.00. The average molecular weight is 310 g/mol. The van der Waals surface area contributed by atoms with Gasteiger partial charge in [-0.05, 0) is 30.7 Å². The van der Waals surface area contributed by atoms with Gasteiger partial charge in [-0.25, -0.2) is 4.39 Å². The van der Waals surface area contributed by atoms with Gasteiger partial charge in [-0.3, -0.25) is 0 Å². The molecule has 0 aliphatic heterocycles. The number of aryl methyl sites for hydroxylation is 1. The molecule has 2 rings (SSSR count). The van der Waals surface area contributed by atoms with E-state index in [9.17, 15) is 4.39 Å². The van der Waals surface area contributed by atoms with E-state index in [4.69, 9.17) is 34.3 Å². The molecule has 5 heteroatoms. The second kappa shape index (κ2) is 6.20. The van der Waals surface area contributed by atoms with Crippen LogP contribution in [-0.2, 0) is 6.61 Å². The maximum absolute atomic E-state index is 13.7. The number of nitrogens with two attached hydrogens (primary N) is 1. The lowest BCUT2D eigenvalue weighted by Gasteiger charge is -2.09. The van der Waals surface area contributed by atoms with Crippen molar-refractivity contribution in [2.75, 3.05) is 0 Å². The van der Waals surface area contributed by atoms with Crippen molar-refractivity contribution in [3.8, 4) is 5.75 Å². The number of ether oxygens (including phenoxy) is 1. The summed E-state index contributed by atoms with van der Waals surface area (Å²) < 4.78 is 19.2. The van der Waals surface area contributed by atoms with Crippen molar-refractivity contribution in [2.45, 2.75) is 13.5 Å². The zero-order valence-electron chi connectivity index (χ0n) is 10.8. The van der Waals surface area contributed by atoms with Gasteiger partial charge in [0.2, 0.25) is 0 Å². The molecule has 2 N–H and O–H groups in total. The van der Waals surface area contributed by atoms with Gasteiger partial charge in [0.1, 0.15) is 23.2 Å². The maximum atomic E-state index is 13.7. The number of hydrogen-bond donors (Lipinski definition) is 1. The first kappa shape index (κ1) is 14.8. The first-order valence-corrected chi connectivity index (χ1v) is 6.73. The van der Waals surface area contributed by atoms with Crippen LogP contribution in [0.25, 0.3) is 0 Å². The molecule has 2 nitrogen and oxygen atoms in total. The third kappa shape index (κ3) is 3.46. The molecule has 0 aliphatic carbocycles. The molecule has 2 aromatic rings. The Balaban J connectivity index is 2.11. The molecule has 20 heavy (non-hydrogen) atoms. The Bertz CT molecular complexity index is 660. The van der Waals surface area contributed by atoms with Crippen LogP contribution in [0, 0.1) is 12.7 Å². The van der Waals surface area contributed by atoms with E-state index in [0.717, 1.165) is 11.1 Å². The Hall–Kier alpha value is -1.65. The average Bonchev–Trinajstić information content (AvgIpc) is 2.37. The molecule has 0 radical (unpaired) electrons. The highest BCUT2D eigenvalue weighted by atomic mass is 35.5. The highest BCUT2D eigenvalue weighted by molar-refractivity contribution is 7.80. The minimum atomic E-state index is -0.495. The first-order valence-electron chi connectivity index (χ1n) is 5.94. The van der Waals surface area contributed by atoms with Gasteiger partial charge in [0.05, 0.1) is 0 Å². The van der Waals surface area contributed by atoms with Crippen molar-refractivity contribution < 1.29 is 9.13 Å². The summed E-state index contributed by atoms with van der Waals surface area (Å²) >= 11 is 10.8. The first-order chi connectivity index (χ1) is 9.47.